The van der Waals surface area contributed by atoms with Gasteiger partial charge in [-0.25, -0.2) is 0 Å². The molecule has 0 fully saturated rings. The molecule has 32 heavy (non-hydrogen) atoms. The van der Waals surface area contributed by atoms with Crippen LogP contribution in [0.5, 0.6) is 5.75 Å². The van der Waals surface area contributed by atoms with Crippen LogP contribution in [0.4, 0.5) is 0 Å². The molecule has 0 radical (unpaired) electrons. The molecule has 0 saturated heterocycles. The summed E-state index contributed by atoms with van der Waals surface area (Å²) in [6.07, 6.45) is -0.703. The molecule has 164 valence electrons. The Hall–Kier alpha value is -3.62. The average Bonchev–Trinajstić information content (AvgIpc) is 2.82. The summed E-state index contributed by atoms with van der Waals surface area (Å²) in [5.74, 6) is 0.137. The number of benzene rings is 3. The van der Waals surface area contributed by atoms with Crippen LogP contribution in [0.25, 0.3) is 0 Å². The minimum atomic E-state index is -0.703. The third kappa shape index (κ3) is 6.44. The first kappa shape index (κ1) is 23.1. The Morgan fingerprint density at radius 3 is 2.28 bits per heavy atom. The third-order valence-corrected chi connectivity index (χ3v) is 5.07. The molecule has 3 aromatic rings. The fourth-order valence-corrected chi connectivity index (χ4v) is 3.30. The molecule has 0 aromatic heterocycles. The van der Waals surface area contributed by atoms with E-state index in [0.717, 1.165) is 16.7 Å². The summed E-state index contributed by atoms with van der Waals surface area (Å²) in [5, 5.41) is 12.3. The lowest BCUT2D eigenvalue weighted by Crippen LogP contribution is -2.41. The molecule has 0 bridgehead atoms. The van der Waals surface area contributed by atoms with Crippen LogP contribution in [0.1, 0.15) is 36.1 Å². The Labute approximate surface area is 189 Å². The van der Waals surface area contributed by atoms with E-state index in [1.54, 1.807) is 24.3 Å². The second kappa shape index (κ2) is 11.7. The molecule has 1 atom stereocenters. The lowest BCUT2D eigenvalue weighted by molar-refractivity contribution is -0.130. The zero-order chi connectivity index (χ0) is 22.8. The molecule has 0 aliphatic carbocycles. The zero-order valence-corrected chi connectivity index (χ0v) is 18.5. The molecule has 1 unspecified atom stereocenters. The van der Waals surface area contributed by atoms with Crippen LogP contribution in [0, 0.1) is 17.2 Å². The molecule has 3 aromatic carbocycles. The van der Waals surface area contributed by atoms with Crippen molar-refractivity contribution in [3.05, 3.63) is 101 Å². The van der Waals surface area contributed by atoms with Crippen LogP contribution >= 0.6 is 0 Å². The Kier molecular flexibility index (Phi) is 8.42. The first-order valence-electron chi connectivity index (χ1n) is 10.7. The van der Waals surface area contributed by atoms with Crippen molar-refractivity contribution in [1.82, 2.24) is 5.32 Å². The van der Waals surface area contributed by atoms with Gasteiger partial charge in [0.05, 0.1) is 18.8 Å². The van der Waals surface area contributed by atoms with Gasteiger partial charge in [0.25, 0.3) is 5.91 Å². The summed E-state index contributed by atoms with van der Waals surface area (Å²) in [7, 11) is 0. The summed E-state index contributed by atoms with van der Waals surface area (Å²) in [4.78, 5) is 12.9. The fraction of sp³-hybridized carbons (Fsp3) is 0.259. The van der Waals surface area contributed by atoms with Crippen molar-refractivity contribution in [2.75, 3.05) is 0 Å². The van der Waals surface area contributed by atoms with Gasteiger partial charge in [-0.2, -0.15) is 5.26 Å². The highest BCUT2D eigenvalue weighted by atomic mass is 16.5. The number of nitriles is 1. The van der Waals surface area contributed by atoms with Gasteiger partial charge in [-0.15, -0.1) is 0 Å². The maximum Gasteiger partial charge on any atom is 0.261 e. The predicted molar refractivity (Wildman–Crippen MR) is 124 cm³/mol. The number of hydrogen-bond donors (Lipinski definition) is 1. The van der Waals surface area contributed by atoms with Gasteiger partial charge >= 0.3 is 0 Å². The highest BCUT2D eigenvalue weighted by Gasteiger charge is 2.25. The van der Waals surface area contributed by atoms with E-state index in [-0.39, 0.29) is 11.8 Å². The van der Waals surface area contributed by atoms with Crippen molar-refractivity contribution in [2.45, 2.75) is 39.7 Å². The van der Waals surface area contributed by atoms with Crippen molar-refractivity contribution >= 4 is 5.91 Å². The van der Waals surface area contributed by atoms with Gasteiger partial charge in [0.1, 0.15) is 11.8 Å². The van der Waals surface area contributed by atoms with Gasteiger partial charge in [-0.3, -0.25) is 4.79 Å². The maximum absolute atomic E-state index is 12.9. The topological polar surface area (TPSA) is 71.3 Å². The molecule has 0 heterocycles. The van der Waals surface area contributed by atoms with Crippen molar-refractivity contribution < 1.29 is 14.3 Å². The normalized spacial score (nSPS) is 11.6. The summed E-state index contributed by atoms with van der Waals surface area (Å²) in [5.41, 5.74) is 3.55. The molecule has 0 saturated carbocycles. The molecule has 5 heteroatoms. The molecule has 0 aliphatic heterocycles. The van der Waals surface area contributed by atoms with Crippen LogP contribution in [-0.4, -0.2) is 12.0 Å². The van der Waals surface area contributed by atoms with Gasteiger partial charge in [0.15, 0.2) is 6.10 Å². The van der Waals surface area contributed by atoms with E-state index in [0.29, 0.717) is 31.1 Å². The van der Waals surface area contributed by atoms with Crippen LogP contribution in [0.3, 0.4) is 0 Å². The van der Waals surface area contributed by atoms with Crippen LogP contribution in [-0.2, 0) is 29.3 Å². The van der Waals surface area contributed by atoms with Crippen molar-refractivity contribution in [1.29, 1.82) is 5.26 Å². The Morgan fingerprint density at radius 2 is 1.56 bits per heavy atom. The highest BCUT2D eigenvalue weighted by molar-refractivity contribution is 5.81. The molecule has 1 N–H and O–H groups in total. The first-order chi connectivity index (χ1) is 15.6. The third-order valence-electron chi connectivity index (χ3n) is 5.07. The van der Waals surface area contributed by atoms with E-state index >= 15 is 0 Å². The largest absolute Gasteiger partial charge is 0.479 e. The zero-order valence-electron chi connectivity index (χ0n) is 18.5. The number of nitrogens with one attached hydrogen (secondary N) is 1. The molecule has 5 nitrogen and oxygen atoms in total. The van der Waals surface area contributed by atoms with Crippen molar-refractivity contribution in [2.24, 2.45) is 5.92 Å². The molecular formula is C27H28N2O3. The number of carbonyl (C=O) groups excluding carboxylic acids is 1. The van der Waals surface area contributed by atoms with Gasteiger partial charge in [-0.1, -0.05) is 80.6 Å². The van der Waals surface area contributed by atoms with E-state index in [9.17, 15) is 10.1 Å². The number of ether oxygens (including phenoxy) is 2. The fourth-order valence-electron chi connectivity index (χ4n) is 3.30. The predicted octanol–water partition coefficient (Wildman–Crippen LogP) is 4.99. The summed E-state index contributed by atoms with van der Waals surface area (Å²) < 4.78 is 11.8. The monoisotopic (exact) mass is 428 g/mol. The minimum absolute atomic E-state index is 0.0637. The SMILES string of the molecule is CC(C)C(Oc1ccccc1C#N)C(=O)NCc1ccccc1COCc1ccccc1. The standard InChI is InChI=1S/C27H28N2O3/c1-20(2)26(32-25-15-9-8-12-22(25)16-28)27(30)29-17-23-13-6-7-14-24(23)19-31-18-21-10-4-3-5-11-21/h3-15,20,26H,17-19H2,1-2H3,(H,29,30). The minimum Gasteiger partial charge on any atom is -0.479 e. The number of para-hydroxylation sites is 1. The quantitative estimate of drug-likeness (QED) is 0.494. The van der Waals surface area contributed by atoms with E-state index < -0.39 is 6.10 Å². The summed E-state index contributed by atoms with van der Waals surface area (Å²) in [6.45, 7) is 5.20. The lowest BCUT2D eigenvalue weighted by atomic mass is 10.0. The number of rotatable bonds is 10. The van der Waals surface area contributed by atoms with Gasteiger partial charge in [-0.05, 0) is 34.7 Å². The maximum atomic E-state index is 12.9. The lowest BCUT2D eigenvalue weighted by Gasteiger charge is -2.22. The van der Waals surface area contributed by atoms with Crippen molar-refractivity contribution in [3.63, 3.8) is 0 Å². The van der Waals surface area contributed by atoms with E-state index in [1.807, 2.05) is 68.4 Å². The van der Waals surface area contributed by atoms with E-state index in [2.05, 4.69) is 11.4 Å². The molecular weight excluding hydrogens is 400 g/mol. The van der Waals surface area contributed by atoms with Gasteiger partial charge < -0.3 is 14.8 Å². The number of carbonyl (C=O) groups is 1. The number of hydrogen-bond acceptors (Lipinski definition) is 4. The van der Waals surface area contributed by atoms with Crippen LogP contribution < -0.4 is 10.1 Å². The first-order valence-corrected chi connectivity index (χ1v) is 10.7. The Morgan fingerprint density at radius 1 is 0.906 bits per heavy atom. The van der Waals surface area contributed by atoms with Gasteiger partial charge in [0, 0.05) is 6.54 Å². The Bertz CT molecular complexity index is 1060. The summed E-state index contributed by atoms with van der Waals surface area (Å²) >= 11 is 0. The second-order valence-corrected chi connectivity index (χ2v) is 7.86. The summed E-state index contributed by atoms with van der Waals surface area (Å²) in [6, 6.07) is 27.0. The van der Waals surface area contributed by atoms with E-state index in [4.69, 9.17) is 9.47 Å². The molecule has 1 amide bonds. The van der Waals surface area contributed by atoms with Gasteiger partial charge in [0.2, 0.25) is 0 Å². The Balaban J connectivity index is 1.61. The van der Waals surface area contributed by atoms with E-state index in [1.165, 1.54) is 0 Å². The van der Waals surface area contributed by atoms with Crippen LogP contribution in [0.15, 0.2) is 78.9 Å². The van der Waals surface area contributed by atoms with Crippen LogP contribution in [0.2, 0.25) is 0 Å². The molecule has 3 rings (SSSR count). The highest BCUT2D eigenvalue weighted by Crippen LogP contribution is 2.21. The van der Waals surface area contributed by atoms with Crippen molar-refractivity contribution in [3.8, 4) is 11.8 Å². The molecule has 0 spiro atoms. The average molecular weight is 429 g/mol. The number of nitrogens with zero attached hydrogens (tertiary/aromatic N) is 1. The smallest absolute Gasteiger partial charge is 0.261 e. The molecule has 0 aliphatic rings. The second-order valence-electron chi connectivity index (χ2n) is 7.86. The number of amides is 1.